The van der Waals surface area contributed by atoms with Gasteiger partial charge in [0.15, 0.2) is 0 Å². The second-order valence-corrected chi connectivity index (χ2v) is 6.37. The second-order valence-electron chi connectivity index (χ2n) is 5.45. The fraction of sp³-hybridized carbons (Fsp3) is 0.0556. The number of hydrogen-bond donors (Lipinski definition) is 3. The number of carbonyl (C=O) groups excluding carboxylic acids is 1. The summed E-state index contributed by atoms with van der Waals surface area (Å²) >= 11 is 3.38. The number of anilines is 2. The van der Waals surface area contributed by atoms with Crippen molar-refractivity contribution in [3.05, 3.63) is 58.2 Å². The molecular formula is C18H14BrN3O4. The summed E-state index contributed by atoms with van der Waals surface area (Å²) in [7, 11) is 1.44. The highest BCUT2D eigenvalue weighted by Gasteiger charge is 2.15. The molecule has 0 bridgehead atoms. The van der Waals surface area contributed by atoms with Gasteiger partial charge in [-0.3, -0.25) is 9.78 Å². The number of benzene rings is 2. The van der Waals surface area contributed by atoms with Gasteiger partial charge in [-0.1, -0.05) is 15.9 Å². The molecule has 0 atom stereocenters. The molecule has 0 aliphatic heterocycles. The number of carboxylic acids is 1. The lowest BCUT2D eigenvalue weighted by Gasteiger charge is -2.14. The van der Waals surface area contributed by atoms with E-state index in [0.29, 0.717) is 28.0 Å². The molecule has 2 aromatic carbocycles. The zero-order valence-electron chi connectivity index (χ0n) is 13.6. The summed E-state index contributed by atoms with van der Waals surface area (Å²) in [6.45, 7) is 0. The van der Waals surface area contributed by atoms with Crippen LogP contribution in [0.4, 0.5) is 11.4 Å². The van der Waals surface area contributed by atoms with E-state index < -0.39 is 11.9 Å². The van der Waals surface area contributed by atoms with Gasteiger partial charge in [0, 0.05) is 27.8 Å². The third-order valence-corrected chi connectivity index (χ3v) is 4.25. The highest BCUT2D eigenvalue weighted by atomic mass is 79.9. The monoisotopic (exact) mass is 415 g/mol. The molecule has 0 saturated carbocycles. The number of methoxy groups -OCH3 is 1. The van der Waals surface area contributed by atoms with E-state index in [4.69, 9.17) is 10.5 Å². The van der Waals surface area contributed by atoms with E-state index in [1.165, 1.54) is 25.4 Å². The van der Waals surface area contributed by atoms with Crippen LogP contribution in [0.5, 0.6) is 5.75 Å². The van der Waals surface area contributed by atoms with Crippen LogP contribution in [0.2, 0.25) is 0 Å². The maximum atomic E-state index is 11.8. The van der Waals surface area contributed by atoms with E-state index in [9.17, 15) is 14.7 Å². The zero-order chi connectivity index (χ0) is 18.8. The van der Waals surface area contributed by atoms with Crippen molar-refractivity contribution < 1.29 is 19.4 Å². The molecule has 0 radical (unpaired) electrons. The Hall–Kier alpha value is -3.13. The molecule has 7 nitrogen and oxygen atoms in total. The maximum absolute atomic E-state index is 11.8. The lowest BCUT2D eigenvalue weighted by atomic mass is 10.1. The number of ether oxygens (including phenoxy) is 1. The molecular weight excluding hydrogens is 402 g/mol. The van der Waals surface area contributed by atoms with Gasteiger partial charge < -0.3 is 20.9 Å². The third kappa shape index (κ3) is 3.45. The van der Waals surface area contributed by atoms with Crippen molar-refractivity contribution in [2.24, 2.45) is 5.73 Å². The first-order valence-corrected chi connectivity index (χ1v) is 8.26. The van der Waals surface area contributed by atoms with Crippen molar-refractivity contribution >= 4 is 50.1 Å². The van der Waals surface area contributed by atoms with Crippen molar-refractivity contribution in [1.29, 1.82) is 0 Å². The highest BCUT2D eigenvalue weighted by molar-refractivity contribution is 9.10. The standard InChI is InChI=1S/C18H14BrN3O4/c1-26-12-5-9(18(24)25)4-11(7-12)22-16-13-3-2-10(19)6-15(13)21-8-14(16)17(20)23/h2-8H,1H3,(H2,20,23)(H,21,22)(H,24,25). The number of carboxylic acid groups (broad SMARTS) is 1. The van der Waals surface area contributed by atoms with Gasteiger partial charge in [-0.15, -0.1) is 0 Å². The van der Waals surface area contributed by atoms with Crippen LogP contribution < -0.4 is 15.8 Å². The molecule has 26 heavy (non-hydrogen) atoms. The van der Waals surface area contributed by atoms with Crippen molar-refractivity contribution in [2.75, 3.05) is 12.4 Å². The second kappa shape index (κ2) is 7.01. The first kappa shape index (κ1) is 17.7. The van der Waals surface area contributed by atoms with Gasteiger partial charge in [-0.05, 0) is 30.3 Å². The van der Waals surface area contributed by atoms with E-state index in [1.54, 1.807) is 18.2 Å². The number of halogens is 1. The number of nitrogens with one attached hydrogen (secondary N) is 1. The number of nitrogens with two attached hydrogens (primary N) is 1. The molecule has 1 amide bonds. The van der Waals surface area contributed by atoms with E-state index in [2.05, 4.69) is 26.2 Å². The Labute approximate surface area is 156 Å². The van der Waals surface area contributed by atoms with E-state index in [1.807, 2.05) is 6.07 Å². The lowest BCUT2D eigenvalue weighted by Crippen LogP contribution is -2.14. The molecule has 0 saturated heterocycles. The minimum atomic E-state index is -1.09. The Morgan fingerprint density at radius 1 is 1.23 bits per heavy atom. The van der Waals surface area contributed by atoms with Crippen molar-refractivity contribution in [3.8, 4) is 5.75 Å². The summed E-state index contributed by atoms with van der Waals surface area (Å²) in [6, 6.07) is 9.89. The Balaban J connectivity index is 2.19. The van der Waals surface area contributed by atoms with Crippen LogP contribution >= 0.6 is 15.9 Å². The largest absolute Gasteiger partial charge is 0.497 e. The van der Waals surface area contributed by atoms with Gasteiger partial charge in [0.1, 0.15) is 5.75 Å². The summed E-state index contributed by atoms with van der Waals surface area (Å²) in [5.74, 6) is -1.37. The Kier molecular flexibility index (Phi) is 4.77. The molecule has 0 aliphatic carbocycles. The third-order valence-electron chi connectivity index (χ3n) is 3.76. The minimum absolute atomic E-state index is 0.0496. The van der Waals surface area contributed by atoms with Crippen molar-refractivity contribution in [2.45, 2.75) is 0 Å². The molecule has 0 unspecified atom stereocenters. The van der Waals surface area contributed by atoms with Gasteiger partial charge in [0.2, 0.25) is 0 Å². The number of aromatic carboxylic acids is 1. The molecule has 1 heterocycles. The summed E-state index contributed by atoms with van der Waals surface area (Å²) in [6.07, 6.45) is 1.39. The highest BCUT2D eigenvalue weighted by Crippen LogP contribution is 2.32. The van der Waals surface area contributed by atoms with Gasteiger partial charge in [-0.2, -0.15) is 0 Å². The molecule has 8 heteroatoms. The first-order chi connectivity index (χ1) is 12.4. The number of primary amides is 1. The molecule has 4 N–H and O–H groups in total. The summed E-state index contributed by atoms with van der Waals surface area (Å²) < 4.78 is 5.99. The van der Waals surface area contributed by atoms with Crippen LogP contribution in [-0.2, 0) is 0 Å². The number of aromatic nitrogens is 1. The number of amides is 1. The number of nitrogens with zero attached hydrogens (tertiary/aromatic N) is 1. The van der Waals surface area contributed by atoms with E-state index in [0.717, 1.165) is 4.47 Å². The molecule has 132 valence electrons. The molecule has 0 aliphatic rings. The van der Waals surface area contributed by atoms with Gasteiger partial charge in [0.25, 0.3) is 5.91 Å². The lowest BCUT2D eigenvalue weighted by molar-refractivity contribution is 0.0696. The number of hydrogen-bond acceptors (Lipinski definition) is 5. The van der Waals surface area contributed by atoms with Gasteiger partial charge in [-0.25, -0.2) is 4.79 Å². The number of pyridine rings is 1. The zero-order valence-corrected chi connectivity index (χ0v) is 15.2. The molecule has 3 aromatic rings. The van der Waals surface area contributed by atoms with Crippen molar-refractivity contribution in [3.63, 3.8) is 0 Å². The topological polar surface area (TPSA) is 115 Å². The fourth-order valence-electron chi connectivity index (χ4n) is 2.55. The summed E-state index contributed by atoms with van der Waals surface area (Å²) in [5, 5.41) is 13.0. The SMILES string of the molecule is COc1cc(Nc2c(C(N)=O)cnc3cc(Br)ccc23)cc(C(=O)O)c1. The summed E-state index contributed by atoms with van der Waals surface area (Å²) in [4.78, 5) is 27.4. The van der Waals surface area contributed by atoms with Crippen LogP contribution in [-0.4, -0.2) is 29.1 Å². The quantitative estimate of drug-likeness (QED) is 0.586. The number of carbonyl (C=O) groups is 2. The van der Waals surface area contributed by atoms with Crippen LogP contribution in [0, 0.1) is 0 Å². The molecule has 1 aromatic heterocycles. The Morgan fingerprint density at radius 3 is 2.65 bits per heavy atom. The van der Waals surface area contributed by atoms with Gasteiger partial charge in [0.05, 0.1) is 29.4 Å². The smallest absolute Gasteiger partial charge is 0.335 e. The Bertz CT molecular complexity index is 1040. The predicted molar refractivity (Wildman–Crippen MR) is 101 cm³/mol. The van der Waals surface area contributed by atoms with Crippen LogP contribution in [0.15, 0.2) is 47.1 Å². The molecule has 0 fully saturated rings. The molecule has 3 rings (SSSR count). The minimum Gasteiger partial charge on any atom is -0.497 e. The van der Waals surface area contributed by atoms with Crippen LogP contribution in [0.25, 0.3) is 10.9 Å². The van der Waals surface area contributed by atoms with Crippen molar-refractivity contribution in [1.82, 2.24) is 4.98 Å². The molecule has 0 spiro atoms. The number of rotatable bonds is 5. The average molecular weight is 416 g/mol. The van der Waals surface area contributed by atoms with Gasteiger partial charge >= 0.3 is 5.97 Å². The predicted octanol–water partition coefficient (Wildman–Crippen LogP) is 3.55. The van der Waals surface area contributed by atoms with E-state index in [-0.39, 0.29) is 11.1 Å². The normalized spacial score (nSPS) is 10.5. The summed E-state index contributed by atoms with van der Waals surface area (Å²) in [5.41, 5.74) is 7.25. The van der Waals surface area contributed by atoms with Crippen LogP contribution in [0.3, 0.4) is 0 Å². The van der Waals surface area contributed by atoms with E-state index >= 15 is 0 Å². The average Bonchev–Trinajstić information content (AvgIpc) is 2.61. The number of fused-ring (bicyclic) bond motifs is 1. The fourth-order valence-corrected chi connectivity index (χ4v) is 2.89. The first-order valence-electron chi connectivity index (χ1n) is 7.46. The maximum Gasteiger partial charge on any atom is 0.335 e. The van der Waals surface area contributed by atoms with Crippen LogP contribution in [0.1, 0.15) is 20.7 Å². The Morgan fingerprint density at radius 2 is 2.00 bits per heavy atom.